The van der Waals surface area contributed by atoms with Crippen LogP contribution in [0.2, 0.25) is 0 Å². The van der Waals surface area contributed by atoms with Gasteiger partial charge < -0.3 is 29.2 Å². The fourth-order valence-electron chi connectivity index (χ4n) is 2.58. The molecule has 1 aliphatic rings. The summed E-state index contributed by atoms with van der Waals surface area (Å²) in [6.07, 6.45) is -6.51. The number of aliphatic hydroxyl groups is 2. The molecule has 2 N–H and O–H groups in total. The molecule has 1 aromatic carbocycles. The van der Waals surface area contributed by atoms with Crippen molar-refractivity contribution in [3.8, 4) is 5.75 Å². The molecule has 0 saturated carbocycles. The average molecular weight is 424 g/mol. The van der Waals surface area contributed by atoms with E-state index in [0.29, 0.717) is 5.75 Å². The highest BCUT2D eigenvalue weighted by atomic mass is 16.7. The Morgan fingerprint density at radius 2 is 1.50 bits per heavy atom. The number of para-hydroxylation sites is 1. The molecule has 30 heavy (non-hydrogen) atoms. The molecular formula is C22H32O8. The van der Waals surface area contributed by atoms with Gasteiger partial charge in [0.1, 0.15) is 24.6 Å². The minimum absolute atomic E-state index is 0.289. The first-order valence-corrected chi connectivity index (χ1v) is 9.92. The van der Waals surface area contributed by atoms with Gasteiger partial charge in [-0.2, -0.15) is 0 Å². The molecule has 1 aromatic rings. The molecule has 5 atom stereocenters. The van der Waals surface area contributed by atoms with Gasteiger partial charge in [-0.1, -0.05) is 18.2 Å². The highest BCUT2D eigenvalue weighted by Crippen LogP contribution is 2.29. The van der Waals surface area contributed by atoms with E-state index in [-0.39, 0.29) is 6.61 Å². The van der Waals surface area contributed by atoms with Gasteiger partial charge in [-0.15, -0.1) is 0 Å². The van der Waals surface area contributed by atoms with Crippen LogP contribution in [0.15, 0.2) is 30.3 Å². The Kier molecular flexibility index (Phi) is 7.49. The van der Waals surface area contributed by atoms with Gasteiger partial charge in [0, 0.05) is 0 Å². The molecule has 1 saturated heterocycles. The van der Waals surface area contributed by atoms with E-state index < -0.39 is 53.5 Å². The second kappa shape index (κ2) is 9.32. The Morgan fingerprint density at radius 1 is 0.933 bits per heavy atom. The van der Waals surface area contributed by atoms with Crippen molar-refractivity contribution in [3.05, 3.63) is 30.3 Å². The van der Waals surface area contributed by atoms with Crippen LogP contribution in [0, 0.1) is 10.8 Å². The summed E-state index contributed by atoms with van der Waals surface area (Å²) in [5, 5.41) is 21.4. The van der Waals surface area contributed by atoms with Crippen LogP contribution in [0.1, 0.15) is 41.5 Å². The topological polar surface area (TPSA) is 112 Å². The largest absolute Gasteiger partial charge is 0.462 e. The highest BCUT2D eigenvalue weighted by Gasteiger charge is 2.49. The number of benzene rings is 1. The number of ether oxygens (including phenoxy) is 4. The van der Waals surface area contributed by atoms with Crippen molar-refractivity contribution in [2.45, 2.75) is 72.2 Å². The van der Waals surface area contributed by atoms with Crippen LogP contribution >= 0.6 is 0 Å². The maximum absolute atomic E-state index is 12.4. The molecule has 8 heteroatoms. The maximum atomic E-state index is 12.4. The van der Waals surface area contributed by atoms with E-state index >= 15 is 0 Å². The van der Waals surface area contributed by atoms with E-state index in [1.807, 2.05) is 0 Å². The quantitative estimate of drug-likeness (QED) is 0.691. The number of rotatable bonds is 5. The predicted molar refractivity (Wildman–Crippen MR) is 107 cm³/mol. The summed E-state index contributed by atoms with van der Waals surface area (Å²) in [6, 6.07) is 8.65. The Labute approximate surface area is 177 Å². The Morgan fingerprint density at radius 3 is 2.03 bits per heavy atom. The molecular weight excluding hydrogens is 392 g/mol. The molecule has 8 nitrogen and oxygen atoms in total. The van der Waals surface area contributed by atoms with Crippen LogP contribution in [0.4, 0.5) is 0 Å². The first-order chi connectivity index (χ1) is 13.8. The van der Waals surface area contributed by atoms with Crippen molar-refractivity contribution >= 4 is 11.9 Å². The lowest BCUT2D eigenvalue weighted by Crippen LogP contribution is -2.62. The second-order valence-corrected chi connectivity index (χ2v) is 9.42. The second-order valence-electron chi connectivity index (χ2n) is 9.42. The van der Waals surface area contributed by atoms with Gasteiger partial charge in [0.2, 0.25) is 6.29 Å². The SMILES string of the molecule is CC(C)(C)C(=O)OC[C@H]1O[C@@H](Oc2ccccc2)[C@H](O)[C@@H](OC(=O)C(C)(C)C)[C@@H]1O. The van der Waals surface area contributed by atoms with Crippen molar-refractivity contribution in [2.75, 3.05) is 6.61 Å². The molecule has 0 bridgehead atoms. The number of aliphatic hydroxyl groups excluding tert-OH is 2. The van der Waals surface area contributed by atoms with E-state index in [9.17, 15) is 19.8 Å². The zero-order valence-corrected chi connectivity index (χ0v) is 18.3. The van der Waals surface area contributed by atoms with Gasteiger partial charge in [-0.05, 0) is 53.7 Å². The molecule has 0 spiro atoms. The zero-order chi connectivity index (χ0) is 22.7. The molecule has 1 heterocycles. The fourth-order valence-corrected chi connectivity index (χ4v) is 2.58. The molecule has 0 unspecified atom stereocenters. The van der Waals surface area contributed by atoms with Gasteiger partial charge in [-0.25, -0.2) is 0 Å². The molecule has 2 rings (SSSR count). The van der Waals surface area contributed by atoms with Crippen LogP contribution in [0.5, 0.6) is 5.75 Å². The molecule has 0 aromatic heterocycles. The van der Waals surface area contributed by atoms with E-state index in [1.165, 1.54) is 0 Å². The van der Waals surface area contributed by atoms with Gasteiger partial charge in [0.05, 0.1) is 10.8 Å². The van der Waals surface area contributed by atoms with E-state index in [0.717, 1.165) is 0 Å². The van der Waals surface area contributed by atoms with Gasteiger partial charge in [0.15, 0.2) is 12.2 Å². The molecule has 0 radical (unpaired) electrons. The van der Waals surface area contributed by atoms with Crippen LogP contribution in [-0.4, -0.2) is 59.5 Å². The first-order valence-electron chi connectivity index (χ1n) is 9.92. The Bertz CT molecular complexity index is 719. The summed E-state index contributed by atoms with van der Waals surface area (Å²) in [5.41, 5.74) is -1.58. The lowest BCUT2D eigenvalue weighted by atomic mass is 9.95. The average Bonchev–Trinajstić information content (AvgIpc) is 2.65. The maximum Gasteiger partial charge on any atom is 0.311 e. The monoisotopic (exact) mass is 424 g/mol. The minimum atomic E-state index is -1.46. The molecule has 0 aliphatic carbocycles. The summed E-state index contributed by atoms with van der Waals surface area (Å²) in [4.78, 5) is 24.5. The first kappa shape index (κ1) is 24.1. The standard InChI is InChI=1S/C22H32O8/c1-21(2,3)19(25)27-12-14-15(23)17(30-20(26)22(4,5)6)16(24)18(29-14)28-13-10-8-7-9-11-13/h7-11,14-18,23-24H,12H2,1-6H3/t14-,15-,16-,17+,18-/m1/s1. The summed E-state index contributed by atoms with van der Waals surface area (Å²) in [5.74, 6) is -0.658. The predicted octanol–water partition coefficient (Wildman–Crippen LogP) is 2.06. The Balaban J connectivity index is 2.21. The number of hydrogen-bond donors (Lipinski definition) is 2. The van der Waals surface area contributed by atoms with Crippen molar-refractivity contribution in [1.82, 2.24) is 0 Å². The molecule has 0 amide bonds. The number of carbonyl (C=O) groups excluding carboxylic acids is 2. The molecule has 1 aliphatic heterocycles. The van der Waals surface area contributed by atoms with Gasteiger partial charge in [-0.3, -0.25) is 9.59 Å². The number of esters is 2. The number of hydrogen-bond acceptors (Lipinski definition) is 8. The van der Waals surface area contributed by atoms with Crippen LogP contribution in [0.3, 0.4) is 0 Å². The molecule has 168 valence electrons. The van der Waals surface area contributed by atoms with Crippen molar-refractivity contribution in [3.63, 3.8) is 0 Å². The van der Waals surface area contributed by atoms with Crippen LogP contribution in [0.25, 0.3) is 0 Å². The van der Waals surface area contributed by atoms with Gasteiger partial charge in [0.25, 0.3) is 0 Å². The minimum Gasteiger partial charge on any atom is -0.462 e. The Hall–Kier alpha value is -2.16. The third-order valence-corrected chi connectivity index (χ3v) is 4.48. The van der Waals surface area contributed by atoms with Crippen LogP contribution < -0.4 is 4.74 Å². The van der Waals surface area contributed by atoms with Gasteiger partial charge >= 0.3 is 11.9 Å². The lowest BCUT2D eigenvalue weighted by molar-refractivity contribution is -0.284. The van der Waals surface area contributed by atoms with E-state index in [4.69, 9.17) is 18.9 Å². The van der Waals surface area contributed by atoms with Crippen molar-refractivity contribution < 1.29 is 38.7 Å². The lowest BCUT2D eigenvalue weighted by Gasteiger charge is -2.42. The third-order valence-electron chi connectivity index (χ3n) is 4.48. The van der Waals surface area contributed by atoms with Crippen molar-refractivity contribution in [2.24, 2.45) is 10.8 Å². The fraction of sp³-hybridized carbons (Fsp3) is 0.636. The highest BCUT2D eigenvalue weighted by molar-refractivity contribution is 5.76. The zero-order valence-electron chi connectivity index (χ0n) is 18.3. The number of carbonyl (C=O) groups is 2. The summed E-state index contributed by atoms with van der Waals surface area (Å²) < 4.78 is 22.1. The summed E-state index contributed by atoms with van der Waals surface area (Å²) in [7, 11) is 0. The summed E-state index contributed by atoms with van der Waals surface area (Å²) in [6.45, 7) is 9.80. The van der Waals surface area contributed by atoms with Crippen molar-refractivity contribution in [1.29, 1.82) is 0 Å². The smallest absolute Gasteiger partial charge is 0.311 e. The van der Waals surface area contributed by atoms with E-state index in [2.05, 4.69) is 0 Å². The molecule has 1 fully saturated rings. The third kappa shape index (κ3) is 6.17. The normalized spacial score (nSPS) is 27.3. The van der Waals surface area contributed by atoms with E-state index in [1.54, 1.807) is 71.9 Å². The van der Waals surface area contributed by atoms with Crippen LogP contribution in [-0.2, 0) is 23.8 Å². The summed E-state index contributed by atoms with van der Waals surface area (Å²) >= 11 is 0.